The topological polar surface area (TPSA) is 78.9 Å². The van der Waals surface area contributed by atoms with Crippen LogP contribution in [0.25, 0.3) is 0 Å². The molecular formula is C63H106O6. The van der Waals surface area contributed by atoms with E-state index in [2.05, 4.69) is 118 Å². The van der Waals surface area contributed by atoms with Gasteiger partial charge >= 0.3 is 17.9 Å². The van der Waals surface area contributed by atoms with Gasteiger partial charge < -0.3 is 14.2 Å². The molecule has 0 aliphatic rings. The minimum absolute atomic E-state index is 0.0933. The summed E-state index contributed by atoms with van der Waals surface area (Å²) in [6.07, 6.45) is 75.4. The van der Waals surface area contributed by atoms with E-state index in [1.807, 2.05) is 0 Å². The molecule has 6 heteroatoms. The van der Waals surface area contributed by atoms with E-state index in [0.717, 1.165) is 135 Å². The first-order valence-corrected chi connectivity index (χ1v) is 28.8. The number of carbonyl (C=O) groups excluding carboxylic acids is 3. The van der Waals surface area contributed by atoms with Gasteiger partial charge in [-0.1, -0.05) is 234 Å². The lowest BCUT2D eigenvalue weighted by atomic mass is 10.1. The van der Waals surface area contributed by atoms with Gasteiger partial charge in [0, 0.05) is 19.3 Å². The Morgan fingerprint density at radius 1 is 0.319 bits per heavy atom. The van der Waals surface area contributed by atoms with E-state index >= 15 is 0 Å². The zero-order valence-electron chi connectivity index (χ0n) is 45.0. The van der Waals surface area contributed by atoms with E-state index in [0.29, 0.717) is 19.3 Å². The summed E-state index contributed by atoms with van der Waals surface area (Å²) < 4.78 is 16.8. The molecule has 0 heterocycles. The zero-order valence-corrected chi connectivity index (χ0v) is 45.0. The van der Waals surface area contributed by atoms with E-state index < -0.39 is 6.10 Å². The van der Waals surface area contributed by atoms with Crippen molar-refractivity contribution < 1.29 is 28.6 Å². The third-order valence-electron chi connectivity index (χ3n) is 12.1. The Balaban J connectivity index is 4.45. The lowest BCUT2D eigenvalue weighted by Crippen LogP contribution is -2.30. The first-order chi connectivity index (χ1) is 34.0. The fraction of sp³-hybridized carbons (Fsp3) is 0.698. The van der Waals surface area contributed by atoms with E-state index in [9.17, 15) is 14.4 Å². The maximum absolute atomic E-state index is 12.9. The SMILES string of the molecule is CC/C=C\C/C=C\C/C=C\C/C=C\CCCCCCCCC(=O)OCC(COC(=O)CCCCCCCCC/C=C\C/C=C\CC)OC(=O)CCCCCCC/C=C\C=C/CCCCCCCCC. The molecule has 0 saturated carbocycles. The predicted molar refractivity (Wildman–Crippen MR) is 297 cm³/mol. The number of ether oxygens (including phenoxy) is 3. The summed E-state index contributed by atoms with van der Waals surface area (Å²) >= 11 is 0. The Morgan fingerprint density at radius 2 is 0.609 bits per heavy atom. The lowest BCUT2D eigenvalue weighted by Gasteiger charge is -2.18. The molecule has 0 fully saturated rings. The number of rotatable bonds is 51. The summed E-state index contributed by atoms with van der Waals surface area (Å²) in [5, 5.41) is 0. The van der Waals surface area contributed by atoms with E-state index in [4.69, 9.17) is 14.2 Å². The normalized spacial score (nSPS) is 12.8. The molecule has 0 saturated heterocycles. The maximum Gasteiger partial charge on any atom is 0.306 e. The summed E-state index contributed by atoms with van der Waals surface area (Å²) in [6.45, 7) is 6.39. The Morgan fingerprint density at radius 3 is 0.971 bits per heavy atom. The van der Waals surface area contributed by atoms with Gasteiger partial charge in [-0.25, -0.2) is 0 Å². The molecule has 0 spiro atoms. The van der Waals surface area contributed by atoms with Crippen molar-refractivity contribution in [3.8, 4) is 0 Å². The minimum Gasteiger partial charge on any atom is -0.462 e. The largest absolute Gasteiger partial charge is 0.462 e. The smallest absolute Gasteiger partial charge is 0.306 e. The highest BCUT2D eigenvalue weighted by atomic mass is 16.6. The van der Waals surface area contributed by atoms with E-state index in [1.165, 1.54) is 89.9 Å². The van der Waals surface area contributed by atoms with Gasteiger partial charge in [0.05, 0.1) is 0 Å². The third kappa shape index (κ3) is 55.1. The Labute approximate surface area is 426 Å². The molecule has 0 rings (SSSR count). The van der Waals surface area contributed by atoms with Crippen LogP contribution in [0.1, 0.15) is 265 Å². The lowest BCUT2D eigenvalue weighted by molar-refractivity contribution is -0.167. The summed E-state index contributed by atoms with van der Waals surface area (Å²) in [5.41, 5.74) is 0. The van der Waals surface area contributed by atoms with Gasteiger partial charge in [0.2, 0.25) is 0 Å². The van der Waals surface area contributed by atoms with Crippen LogP contribution in [0.3, 0.4) is 0 Å². The van der Waals surface area contributed by atoms with Crippen molar-refractivity contribution in [1.82, 2.24) is 0 Å². The Hall–Kier alpha value is -3.67. The molecule has 0 bridgehead atoms. The Kier molecular flexibility index (Phi) is 53.9. The predicted octanol–water partition coefficient (Wildman–Crippen LogP) is 19.3. The number of allylic oxidation sites excluding steroid dienone is 16. The fourth-order valence-electron chi connectivity index (χ4n) is 7.81. The van der Waals surface area contributed by atoms with Crippen LogP contribution in [0.4, 0.5) is 0 Å². The monoisotopic (exact) mass is 959 g/mol. The first-order valence-electron chi connectivity index (χ1n) is 28.8. The van der Waals surface area contributed by atoms with Crippen LogP contribution in [-0.2, 0) is 28.6 Å². The molecule has 0 aromatic rings. The molecule has 0 aromatic heterocycles. The highest BCUT2D eigenvalue weighted by Gasteiger charge is 2.19. The van der Waals surface area contributed by atoms with Crippen molar-refractivity contribution in [1.29, 1.82) is 0 Å². The van der Waals surface area contributed by atoms with Crippen molar-refractivity contribution in [2.24, 2.45) is 0 Å². The number of carbonyl (C=O) groups is 3. The van der Waals surface area contributed by atoms with Crippen LogP contribution in [0.2, 0.25) is 0 Å². The molecule has 0 aliphatic heterocycles. The molecule has 0 amide bonds. The van der Waals surface area contributed by atoms with Crippen LogP contribution in [-0.4, -0.2) is 37.2 Å². The van der Waals surface area contributed by atoms with Crippen molar-refractivity contribution in [2.75, 3.05) is 13.2 Å². The van der Waals surface area contributed by atoms with E-state index in [-0.39, 0.29) is 31.1 Å². The van der Waals surface area contributed by atoms with Crippen molar-refractivity contribution in [3.63, 3.8) is 0 Å². The molecule has 0 radical (unpaired) electrons. The van der Waals surface area contributed by atoms with Gasteiger partial charge in [-0.2, -0.15) is 0 Å². The quantitative estimate of drug-likeness (QED) is 0.0199. The van der Waals surface area contributed by atoms with Crippen LogP contribution < -0.4 is 0 Å². The second-order valence-electron chi connectivity index (χ2n) is 18.8. The molecule has 394 valence electrons. The first kappa shape index (κ1) is 65.3. The van der Waals surface area contributed by atoms with E-state index in [1.54, 1.807) is 0 Å². The summed E-state index contributed by atoms with van der Waals surface area (Å²) in [4.78, 5) is 38.2. The standard InChI is InChI=1S/C63H106O6/c1-4-7-10-13-16-19-22-25-28-30-32-34-35-38-41-44-47-50-53-56-62(65)68-59-60(58-67-61(64)55-52-49-46-43-40-37-27-24-21-18-15-12-9-6-3)69-63(66)57-54-51-48-45-42-39-36-33-31-29-26-23-20-17-14-11-8-5-2/h7,9-10,12,16,18-19,21,25,28-29,31-34,36,60H,4-6,8,11,13-15,17,20,22-24,26-27,30,35,37-59H2,1-3H3/b10-7-,12-9-,19-16-,21-18-,28-25-,31-29-,34-32-,36-33-. The average molecular weight is 960 g/mol. The van der Waals surface area contributed by atoms with Crippen molar-refractivity contribution in [3.05, 3.63) is 97.2 Å². The number of hydrogen-bond acceptors (Lipinski definition) is 6. The number of unbranched alkanes of at least 4 members (excludes halogenated alkanes) is 25. The molecule has 69 heavy (non-hydrogen) atoms. The number of hydrogen-bond donors (Lipinski definition) is 0. The van der Waals surface area contributed by atoms with Crippen LogP contribution in [0, 0.1) is 0 Å². The van der Waals surface area contributed by atoms with Gasteiger partial charge in [-0.05, 0) is 109 Å². The van der Waals surface area contributed by atoms with Crippen molar-refractivity contribution >= 4 is 17.9 Å². The van der Waals surface area contributed by atoms with Crippen LogP contribution in [0.5, 0.6) is 0 Å². The van der Waals surface area contributed by atoms with Crippen LogP contribution >= 0.6 is 0 Å². The summed E-state index contributed by atoms with van der Waals surface area (Å²) in [7, 11) is 0. The maximum atomic E-state index is 12.9. The molecule has 6 nitrogen and oxygen atoms in total. The third-order valence-corrected chi connectivity index (χ3v) is 12.1. The van der Waals surface area contributed by atoms with Gasteiger partial charge in [-0.15, -0.1) is 0 Å². The summed E-state index contributed by atoms with van der Waals surface area (Å²) in [5.74, 6) is -0.927. The number of esters is 3. The second kappa shape index (κ2) is 56.9. The fourth-order valence-corrected chi connectivity index (χ4v) is 7.81. The second-order valence-corrected chi connectivity index (χ2v) is 18.8. The molecule has 1 atom stereocenters. The average Bonchev–Trinajstić information content (AvgIpc) is 3.35. The van der Waals surface area contributed by atoms with Gasteiger partial charge in [0.15, 0.2) is 6.10 Å². The van der Waals surface area contributed by atoms with Gasteiger partial charge in [-0.3, -0.25) is 14.4 Å². The zero-order chi connectivity index (χ0) is 50.0. The molecule has 0 aromatic carbocycles. The summed E-state index contributed by atoms with van der Waals surface area (Å²) in [6, 6.07) is 0. The molecule has 0 N–H and O–H groups in total. The molecular weight excluding hydrogens is 853 g/mol. The molecule has 1 unspecified atom stereocenters. The highest BCUT2D eigenvalue weighted by Crippen LogP contribution is 2.14. The van der Waals surface area contributed by atoms with Crippen LogP contribution in [0.15, 0.2) is 97.2 Å². The molecule has 0 aliphatic carbocycles. The van der Waals surface area contributed by atoms with Crippen molar-refractivity contribution in [2.45, 2.75) is 271 Å². The Bertz CT molecular complexity index is 1380. The van der Waals surface area contributed by atoms with Gasteiger partial charge in [0.25, 0.3) is 0 Å². The minimum atomic E-state index is -0.797. The highest BCUT2D eigenvalue weighted by molar-refractivity contribution is 5.71. The van der Waals surface area contributed by atoms with Gasteiger partial charge in [0.1, 0.15) is 13.2 Å².